The Balaban J connectivity index is 1.74. The number of rotatable bonds is 5. The van der Waals surface area contributed by atoms with Gasteiger partial charge in [0.25, 0.3) is 0 Å². The molecule has 1 unspecified atom stereocenters. The lowest BCUT2D eigenvalue weighted by molar-refractivity contribution is 0.224. The highest BCUT2D eigenvalue weighted by Gasteiger charge is 2.24. The van der Waals surface area contributed by atoms with Crippen LogP contribution in [0.5, 0.6) is 11.8 Å². The number of methoxy groups -OCH3 is 1. The molecule has 0 aliphatic carbocycles. The van der Waals surface area contributed by atoms with Crippen molar-refractivity contribution < 1.29 is 22.9 Å². The molecule has 2 aromatic heterocycles. The minimum Gasteiger partial charge on any atom is -0.481 e. The molecule has 2 amide bonds. The number of hydrogen-bond donors (Lipinski definition) is 2. The fourth-order valence-electron chi connectivity index (χ4n) is 3.59. The van der Waals surface area contributed by atoms with Crippen molar-refractivity contribution in [3.8, 4) is 22.9 Å². The summed E-state index contributed by atoms with van der Waals surface area (Å²) in [4.78, 5) is 16.9. The molecule has 1 aliphatic rings. The van der Waals surface area contributed by atoms with Crippen LogP contribution in [0.2, 0.25) is 0 Å². The predicted octanol–water partition coefficient (Wildman–Crippen LogP) is 3.37. The number of fused-ring (bicyclic) bond motifs is 1. The summed E-state index contributed by atoms with van der Waals surface area (Å²) in [7, 11) is -2.19. The van der Waals surface area contributed by atoms with Gasteiger partial charge in [0.05, 0.1) is 25.6 Å². The lowest BCUT2D eigenvalue weighted by Crippen LogP contribution is -2.21. The van der Waals surface area contributed by atoms with E-state index in [-0.39, 0.29) is 22.0 Å². The van der Waals surface area contributed by atoms with E-state index >= 15 is 0 Å². The highest BCUT2D eigenvalue weighted by Crippen LogP contribution is 2.34. The maximum absolute atomic E-state index is 14.6. The second-order valence-corrected chi connectivity index (χ2v) is 8.98. The summed E-state index contributed by atoms with van der Waals surface area (Å²) < 4.78 is 43.6. The minimum absolute atomic E-state index is 0.0337. The zero-order valence-electron chi connectivity index (χ0n) is 18.1. The van der Waals surface area contributed by atoms with E-state index in [9.17, 15) is 13.4 Å². The molecule has 0 bridgehead atoms. The smallest absolute Gasteiger partial charge is 0.354 e. The maximum Gasteiger partial charge on any atom is 0.354 e. The van der Waals surface area contributed by atoms with E-state index < -0.39 is 21.8 Å². The fourth-order valence-corrected chi connectivity index (χ4v) is 4.59. The van der Waals surface area contributed by atoms with Crippen molar-refractivity contribution in [3.63, 3.8) is 0 Å². The average Bonchev–Trinajstić information content (AvgIpc) is 3.24. The van der Waals surface area contributed by atoms with Gasteiger partial charge in [0.1, 0.15) is 10.7 Å². The lowest BCUT2D eigenvalue weighted by Gasteiger charge is -2.17. The standard InChI is InChI=1S/C21H23FN6O4S/c1-3-14-16(22)6-5-15(13-7-8-24-18(11-13)31-2)19(14)26-21(29)27-33(23,30)17-12-25-28-9-4-10-32-20(17)28/h5-8,11-12H,3-4,9-10H2,1-2H3,(H3,23,26,27,29,30). The number of ether oxygens (including phenoxy) is 2. The third-order valence-corrected chi connectivity index (χ3v) is 6.49. The van der Waals surface area contributed by atoms with Gasteiger partial charge in [0, 0.05) is 36.4 Å². The number of anilines is 1. The SMILES string of the molecule is CCc1c(F)ccc(-c2ccnc(OC)c2)c1NC(=O)N=S(N)(=O)c1cnn2c1OCCC2. The number of hydrogen-bond acceptors (Lipinski definition) is 6. The van der Waals surface area contributed by atoms with Crippen LogP contribution in [0.1, 0.15) is 18.9 Å². The van der Waals surface area contributed by atoms with Gasteiger partial charge in [-0.3, -0.25) is 0 Å². The van der Waals surface area contributed by atoms with Crippen molar-refractivity contribution in [1.29, 1.82) is 0 Å². The number of aromatic nitrogens is 3. The molecule has 0 spiro atoms. The van der Waals surface area contributed by atoms with Crippen LogP contribution < -0.4 is 19.9 Å². The molecule has 3 aromatic rings. The van der Waals surface area contributed by atoms with Crippen molar-refractivity contribution in [3.05, 3.63) is 48.0 Å². The molecule has 3 heterocycles. The zero-order chi connectivity index (χ0) is 23.6. The highest BCUT2D eigenvalue weighted by molar-refractivity contribution is 7.91. The monoisotopic (exact) mass is 474 g/mol. The number of aryl methyl sites for hydroxylation is 1. The van der Waals surface area contributed by atoms with E-state index in [1.54, 1.807) is 19.1 Å². The molecule has 0 saturated carbocycles. The van der Waals surface area contributed by atoms with Gasteiger partial charge in [-0.1, -0.05) is 6.92 Å². The van der Waals surface area contributed by atoms with Gasteiger partial charge in [-0.2, -0.15) is 5.10 Å². The molecule has 33 heavy (non-hydrogen) atoms. The predicted molar refractivity (Wildman–Crippen MR) is 120 cm³/mol. The van der Waals surface area contributed by atoms with Gasteiger partial charge >= 0.3 is 6.03 Å². The summed E-state index contributed by atoms with van der Waals surface area (Å²) in [5.41, 5.74) is 1.62. The summed E-state index contributed by atoms with van der Waals surface area (Å²) in [6.07, 6.45) is 3.86. The number of benzene rings is 1. The Hall–Kier alpha value is -3.51. The Kier molecular flexibility index (Phi) is 6.29. The number of halogens is 1. The van der Waals surface area contributed by atoms with Gasteiger partial charge in [0.15, 0.2) is 9.92 Å². The summed E-state index contributed by atoms with van der Waals surface area (Å²) in [5, 5.41) is 12.6. The summed E-state index contributed by atoms with van der Waals surface area (Å²) in [5.74, 6) is 0.0906. The first-order valence-corrected chi connectivity index (χ1v) is 11.8. The maximum atomic E-state index is 14.6. The first-order chi connectivity index (χ1) is 15.8. The fraction of sp³-hybridized carbons (Fsp3) is 0.286. The van der Waals surface area contributed by atoms with Gasteiger partial charge < -0.3 is 14.8 Å². The van der Waals surface area contributed by atoms with Crippen molar-refractivity contribution in [1.82, 2.24) is 14.8 Å². The molecular formula is C21H23FN6O4S. The van der Waals surface area contributed by atoms with Gasteiger partial charge in [-0.05, 0) is 30.2 Å². The number of nitrogens with one attached hydrogen (secondary N) is 1. The average molecular weight is 475 g/mol. The summed E-state index contributed by atoms with van der Waals surface area (Å²) >= 11 is 0. The topological polar surface area (TPSA) is 134 Å². The van der Waals surface area contributed by atoms with Gasteiger partial charge in [0.2, 0.25) is 11.8 Å². The second-order valence-electron chi connectivity index (χ2n) is 7.22. The number of urea groups is 1. The molecule has 0 saturated heterocycles. The Labute approximate surface area is 190 Å². The van der Waals surface area contributed by atoms with Gasteiger partial charge in [-0.15, -0.1) is 4.36 Å². The Bertz CT molecular complexity index is 1330. The number of carbonyl (C=O) groups is 1. The van der Waals surface area contributed by atoms with E-state index in [1.165, 1.54) is 36.3 Å². The minimum atomic E-state index is -3.66. The van der Waals surface area contributed by atoms with Crippen LogP contribution in [0, 0.1) is 5.82 Å². The lowest BCUT2D eigenvalue weighted by atomic mass is 9.99. The van der Waals surface area contributed by atoms with Crippen LogP contribution in [0.15, 0.2) is 45.9 Å². The number of nitrogens with two attached hydrogens (primary N) is 1. The molecule has 0 radical (unpaired) electrons. The molecule has 0 fully saturated rings. The molecule has 4 rings (SSSR count). The molecule has 3 N–H and O–H groups in total. The molecule has 1 atom stereocenters. The molecule has 10 nitrogen and oxygen atoms in total. The van der Waals surface area contributed by atoms with Crippen LogP contribution in [0.4, 0.5) is 14.9 Å². The van der Waals surface area contributed by atoms with Crippen LogP contribution in [-0.4, -0.2) is 38.7 Å². The van der Waals surface area contributed by atoms with Crippen LogP contribution in [-0.2, 0) is 22.9 Å². The highest BCUT2D eigenvalue weighted by atomic mass is 32.2. The Morgan fingerprint density at radius 1 is 1.42 bits per heavy atom. The molecular weight excluding hydrogens is 451 g/mol. The number of pyridine rings is 1. The summed E-state index contributed by atoms with van der Waals surface area (Å²) in [6, 6.07) is 5.21. The van der Waals surface area contributed by atoms with E-state index in [0.717, 1.165) is 6.42 Å². The van der Waals surface area contributed by atoms with E-state index in [1.807, 2.05) is 0 Å². The second kappa shape index (κ2) is 9.16. The van der Waals surface area contributed by atoms with Crippen molar-refractivity contribution in [2.75, 3.05) is 19.0 Å². The third-order valence-electron chi connectivity index (χ3n) is 5.14. The summed E-state index contributed by atoms with van der Waals surface area (Å²) in [6.45, 7) is 2.76. The van der Waals surface area contributed by atoms with Crippen LogP contribution in [0.3, 0.4) is 0 Å². The van der Waals surface area contributed by atoms with Crippen LogP contribution in [0.25, 0.3) is 11.1 Å². The molecule has 1 aliphatic heterocycles. The van der Waals surface area contributed by atoms with E-state index in [0.29, 0.717) is 36.6 Å². The van der Waals surface area contributed by atoms with Crippen molar-refractivity contribution in [2.24, 2.45) is 9.50 Å². The number of nitrogens with zero attached hydrogens (tertiary/aromatic N) is 4. The first kappa shape index (κ1) is 22.7. The van der Waals surface area contributed by atoms with Gasteiger partial charge in [-0.25, -0.2) is 28.2 Å². The van der Waals surface area contributed by atoms with Crippen LogP contribution >= 0.6 is 0 Å². The number of carbonyl (C=O) groups excluding carboxylic acids is 1. The third kappa shape index (κ3) is 4.52. The quantitative estimate of drug-likeness (QED) is 0.582. The van der Waals surface area contributed by atoms with E-state index in [2.05, 4.69) is 19.8 Å². The number of amides is 2. The molecule has 1 aromatic carbocycles. The zero-order valence-corrected chi connectivity index (χ0v) is 18.9. The Morgan fingerprint density at radius 2 is 2.24 bits per heavy atom. The van der Waals surface area contributed by atoms with Crippen molar-refractivity contribution >= 4 is 21.6 Å². The molecule has 174 valence electrons. The molecule has 12 heteroatoms. The Morgan fingerprint density at radius 3 is 3.00 bits per heavy atom. The van der Waals surface area contributed by atoms with Crippen molar-refractivity contribution in [2.45, 2.75) is 31.2 Å². The largest absolute Gasteiger partial charge is 0.481 e. The van der Waals surface area contributed by atoms with E-state index in [4.69, 9.17) is 14.6 Å². The first-order valence-electron chi connectivity index (χ1n) is 10.2. The normalized spacial score (nSPS) is 14.5.